The van der Waals surface area contributed by atoms with E-state index in [9.17, 15) is 19.8 Å². The Morgan fingerprint density at radius 2 is 2.08 bits per heavy atom. The largest absolute Gasteiger partial charge is 0.481 e. The second-order valence-electron chi connectivity index (χ2n) is 8.76. The van der Waals surface area contributed by atoms with E-state index in [4.69, 9.17) is 4.74 Å². The number of allylic oxidation sites excluding steroid dienone is 2. The number of esters is 1. The lowest BCUT2D eigenvalue weighted by atomic mass is 9.61. The molecular weight excluding hydrogens is 320 g/mol. The number of carbonyl (C=O) groups excluding carboxylic acids is 1. The van der Waals surface area contributed by atoms with E-state index < -0.39 is 28.3 Å². The maximum Gasteiger partial charge on any atom is 0.309 e. The molecule has 25 heavy (non-hydrogen) atoms. The highest BCUT2D eigenvalue weighted by molar-refractivity contribution is 5.81. The van der Waals surface area contributed by atoms with E-state index in [1.165, 1.54) is 7.11 Å². The fourth-order valence-electron chi connectivity index (χ4n) is 6.59. The standard InChI is InChI=1S/C20H26O5/c1-11-9-19-10-20(11,24)8-6-13(19)12-5-4-7-18(2,17(22)23)14(12)15(19)16(21)25-3/h5,13-15,24H,1,4,6-10H2,2-3H3,(H,22,23)/t13-,14+,15+,18+,19-,20-/m0/s1. The van der Waals surface area contributed by atoms with Crippen molar-refractivity contribution in [3.8, 4) is 0 Å². The third-order valence-corrected chi connectivity index (χ3v) is 7.75. The smallest absolute Gasteiger partial charge is 0.309 e. The highest BCUT2D eigenvalue weighted by Crippen LogP contribution is 2.73. The number of hydrogen-bond donors (Lipinski definition) is 2. The van der Waals surface area contributed by atoms with Crippen molar-refractivity contribution in [1.82, 2.24) is 0 Å². The Morgan fingerprint density at radius 3 is 2.72 bits per heavy atom. The Hall–Kier alpha value is -1.62. The molecule has 136 valence electrons. The van der Waals surface area contributed by atoms with Gasteiger partial charge in [-0.3, -0.25) is 9.59 Å². The summed E-state index contributed by atoms with van der Waals surface area (Å²) in [7, 11) is 1.37. The summed E-state index contributed by atoms with van der Waals surface area (Å²) in [5, 5.41) is 21.0. The number of aliphatic hydroxyl groups is 1. The van der Waals surface area contributed by atoms with Crippen LogP contribution < -0.4 is 0 Å². The highest BCUT2D eigenvalue weighted by Gasteiger charge is 2.72. The minimum Gasteiger partial charge on any atom is -0.481 e. The molecule has 0 aromatic rings. The van der Waals surface area contributed by atoms with Crippen molar-refractivity contribution in [2.75, 3.05) is 7.11 Å². The molecule has 2 bridgehead atoms. The SMILES string of the molecule is C=C1C[C@]23C[C@@]1(O)CC[C@H]2C1=CCC[C@@](C)(C(=O)O)[C@H]1[C@@H]3C(=O)OC. The van der Waals surface area contributed by atoms with E-state index in [1.54, 1.807) is 6.92 Å². The van der Waals surface area contributed by atoms with Gasteiger partial charge in [-0.05, 0) is 62.4 Å². The molecule has 4 aliphatic carbocycles. The van der Waals surface area contributed by atoms with Crippen molar-refractivity contribution in [2.24, 2.45) is 28.6 Å². The lowest BCUT2D eigenvalue weighted by Crippen LogP contribution is -2.46. The molecule has 6 atom stereocenters. The fraction of sp³-hybridized carbons (Fsp3) is 0.700. The van der Waals surface area contributed by atoms with Crippen molar-refractivity contribution in [1.29, 1.82) is 0 Å². The van der Waals surface area contributed by atoms with Gasteiger partial charge in [0.05, 0.1) is 24.0 Å². The Labute approximate surface area is 147 Å². The average Bonchev–Trinajstić information content (AvgIpc) is 2.94. The van der Waals surface area contributed by atoms with Gasteiger partial charge in [0.2, 0.25) is 0 Å². The first kappa shape index (κ1) is 16.8. The maximum atomic E-state index is 12.9. The van der Waals surface area contributed by atoms with Crippen molar-refractivity contribution in [3.63, 3.8) is 0 Å². The van der Waals surface area contributed by atoms with Crippen LogP contribution in [0.5, 0.6) is 0 Å². The molecule has 0 unspecified atom stereocenters. The van der Waals surface area contributed by atoms with Gasteiger partial charge in [-0.25, -0.2) is 0 Å². The lowest BCUT2D eigenvalue weighted by Gasteiger charge is -2.42. The molecule has 0 aliphatic heterocycles. The quantitative estimate of drug-likeness (QED) is 0.593. The zero-order chi connectivity index (χ0) is 18.2. The maximum absolute atomic E-state index is 12.9. The van der Waals surface area contributed by atoms with E-state index in [2.05, 4.69) is 12.7 Å². The summed E-state index contributed by atoms with van der Waals surface area (Å²) in [6.45, 7) is 5.87. The number of rotatable bonds is 2. The van der Waals surface area contributed by atoms with Crippen molar-refractivity contribution in [2.45, 2.75) is 51.0 Å². The molecule has 4 aliphatic rings. The van der Waals surface area contributed by atoms with Crippen LogP contribution in [0.3, 0.4) is 0 Å². The van der Waals surface area contributed by atoms with Crippen LogP contribution in [0.2, 0.25) is 0 Å². The van der Waals surface area contributed by atoms with Crippen molar-refractivity contribution in [3.05, 3.63) is 23.8 Å². The van der Waals surface area contributed by atoms with Crippen LogP contribution in [-0.4, -0.2) is 34.9 Å². The molecule has 5 heteroatoms. The Kier molecular flexibility index (Phi) is 3.34. The summed E-state index contributed by atoms with van der Waals surface area (Å²) >= 11 is 0. The van der Waals surface area contributed by atoms with Crippen LogP contribution in [0.4, 0.5) is 0 Å². The van der Waals surface area contributed by atoms with Crippen molar-refractivity contribution >= 4 is 11.9 Å². The molecule has 1 spiro atoms. The van der Waals surface area contributed by atoms with Gasteiger partial charge >= 0.3 is 11.9 Å². The van der Waals surface area contributed by atoms with Gasteiger partial charge in [-0.1, -0.05) is 18.2 Å². The number of carboxylic acid groups (broad SMARTS) is 1. The van der Waals surface area contributed by atoms with Crippen LogP contribution in [0, 0.1) is 28.6 Å². The Morgan fingerprint density at radius 1 is 1.36 bits per heavy atom. The van der Waals surface area contributed by atoms with Gasteiger partial charge in [-0.15, -0.1) is 0 Å². The predicted molar refractivity (Wildman–Crippen MR) is 90.5 cm³/mol. The third-order valence-electron chi connectivity index (χ3n) is 7.75. The number of carboxylic acids is 1. The summed E-state index contributed by atoms with van der Waals surface area (Å²) in [6.07, 6.45) is 5.90. The summed E-state index contributed by atoms with van der Waals surface area (Å²) < 4.78 is 5.15. The summed E-state index contributed by atoms with van der Waals surface area (Å²) in [4.78, 5) is 25.0. The normalized spacial score (nSPS) is 47.7. The number of fused-ring (bicyclic) bond motifs is 3. The van der Waals surface area contributed by atoms with Gasteiger partial charge in [0.15, 0.2) is 0 Å². The van der Waals surface area contributed by atoms with Gasteiger partial charge in [0.25, 0.3) is 0 Å². The van der Waals surface area contributed by atoms with Gasteiger partial charge in [-0.2, -0.15) is 0 Å². The summed E-state index contributed by atoms with van der Waals surface area (Å²) in [5.74, 6) is -1.93. The minimum atomic E-state index is -0.975. The molecule has 3 saturated carbocycles. The van der Waals surface area contributed by atoms with Crippen LogP contribution in [0.15, 0.2) is 23.8 Å². The monoisotopic (exact) mass is 346 g/mol. The highest BCUT2D eigenvalue weighted by atomic mass is 16.5. The second kappa shape index (κ2) is 4.97. The number of aliphatic carboxylic acids is 1. The van der Waals surface area contributed by atoms with E-state index in [0.717, 1.165) is 24.0 Å². The Balaban J connectivity index is 1.92. The molecule has 3 fully saturated rings. The van der Waals surface area contributed by atoms with E-state index in [-0.39, 0.29) is 17.8 Å². The van der Waals surface area contributed by atoms with Crippen molar-refractivity contribution < 1.29 is 24.5 Å². The number of carbonyl (C=O) groups is 2. The second-order valence-corrected chi connectivity index (χ2v) is 8.76. The number of methoxy groups -OCH3 is 1. The van der Waals surface area contributed by atoms with Gasteiger partial charge < -0.3 is 14.9 Å². The molecule has 4 rings (SSSR count). The van der Waals surface area contributed by atoms with Gasteiger partial charge in [0.1, 0.15) is 0 Å². The first-order valence-electron chi connectivity index (χ1n) is 9.11. The van der Waals surface area contributed by atoms with Crippen LogP contribution in [0.25, 0.3) is 0 Å². The molecular formula is C20H26O5. The molecule has 0 saturated heterocycles. The summed E-state index contributed by atoms with van der Waals surface area (Å²) in [6, 6.07) is 0. The lowest BCUT2D eigenvalue weighted by molar-refractivity contribution is -0.161. The zero-order valence-corrected chi connectivity index (χ0v) is 14.9. The molecule has 5 nitrogen and oxygen atoms in total. The molecule has 0 aromatic carbocycles. The molecule has 0 radical (unpaired) electrons. The molecule has 0 amide bonds. The topological polar surface area (TPSA) is 83.8 Å². The van der Waals surface area contributed by atoms with Crippen LogP contribution in [-0.2, 0) is 14.3 Å². The predicted octanol–water partition coefficient (Wildman–Crippen LogP) is 2.69. The minimum absolute atomic E-state index is 0.139. The van der Waals surface area contributed by atoms with E-state index >= 15 is 0 Å². The van der Waals surface area contributed by atoms with Crippen LogP contribution >= 0.6 is 0 Å². The zero-order valence-electron chi connectivity index (χ0n) is 14.9. The molecule has 0 heterocycles. The molecule has 2 N–H and O–H groups in total. The first-order chi connectivity index (χ1) is 11.7. The first-order valence-corrected chi connectivity index (χ1v) is 9.11. The fourth-order valence-corrected chi connectivity index (χ4v) is 6.59. The molecule has 0 aromatic heterocycles. The average molecular weight is 346 g/mol. The number of hydrogen-bond acceptors (Lipinski definition) is 4. The van der Waals surface area contributed by atoms with E-state index in [1.807, 2.05) is 0 Å². The van der Waals surface area contributed by atoms with Gasteiger partial charge in [0, 0.05) is 5.92 Å². The van der Waals surface area contributed by atoms with Crippen LogP contribution in [0.1, 0.15) is 45.4 Å². The third kappa shape index (κ3) is 1.88. The summed E-state index contributed by atoms with van der Waals surface area (Å²) in [5.41, 5.74) is -0.439. The van der Waals surface area contributed by atoms with E-state index in [0.29, 0.717) is 25.7 Å². The number of ether oxygens (including phenoxy) is 1. The Bertz CT molecular complexity index is 709.